The van der Waals surface area contributed by atoms with Crippen LogP contribution in [0.15, 0.2) is 6.20 Å². The fourth-order valence-electron chi connectivity index (χ4n) is 2.57. The van der Waals surface area contributed by atoms with E-state index in [0.717, 1.165) is 18.2 Å². The van der Waals surface area contributed by atoms with Gasteiger partial charge in [0.1, 0.15) is 0 Å². The van der Waals surface area contributed by atoms with Crippen LogP contribution in [0.5, 0.6) is 0 Å². The summed E-state index contributed by atoms with van der Waals surface area (Å²) in [5.41, 5.74) is 1.12. The lowest BCUT2D eigenvalue weighted by Gasteiger charge is -2.19. The van der Waals surface area contributed by atoms with Crippen molar-refractivity contribution in [2.24, 2.45) is 11.8 Å². The van der Waals surface area contributed by atoms with Crippen molar-refractivity contribution in [3.63, 3.8) is 0 Å². The molecule has 1 heterocycles. The van der Waals surface area contributed by atoms with Crippen molar-refractivity contribution in [2.75, 3.05) is 5.32 Å². The van der Waals surface area contributed by atoms with E-state index in [1.165, 1.54) is 25.7 Å². The normalized spacial score (nSPS) is 18.5. The quantitative estimate of drug-likeness (QED) is 0.859. The Hall–Kier alpha value is -0.990. The number of hydrogen-bond donors (Lipinski definition) is 1. The predicted octanol–water partition coefficient (Wildman–Crippen LogP) is 3.84. The van der Waals surface area contributed by atoms with Gasteiger partial charge in [0.05, 0.1) is 5.69 Å². The first-order valence-electron chi connectivity index (χ1n) is 7.36. The highest BCUT2D eigenvalue weighted by atomic mass is 15.2. The van der Waals surface area contributed by atoms with Gasteiger partial charge < -0.3 is 9.88 Å². The minimum atomic E-state index is 0.639. The molecular formula is C15H27N3. The molecule has 2 rings (SSSR count). The number of rotatable bonds is 5. The van der Waals surface area contributed by atoms with Crippen molar-refractivity contribution in [3.8, 4) is 0 Å². The number of anilines is 1. The average molecular weight is 249 g/mol. The molecule has 1 atom stereocenters. The van der Waals surface area contributed by atoms with Crippen molar-refractivity contribution in [2.45, 2.75) is 66.0 Å². The zero-order chi connectivity index (χ0) is 13.1. The molecule has 1 saturated carbocycles. The molecule has 1 fully saturated rings. The number of aromatic nitrogens is 2. The molecule has 1 aliphatic rings. The minimum absolute atomic E-state index is 0.639. The molecule has 0 aliphatic heterocycles. The third kappa shape index (κ3) is 3.27. The van der Waals surface area contributed by atoms with E-state index in [1.54, 1.807) is 0 Å². The summed E-state index contributed by atoms with van der Waals surface area (Å²) in [4.78, 5) is 4.64. The Kier molecular flexibility index (Phi) is 4.31. The van der Waals surface area contributed by atoms with Crippen LogP contribution >= 0.6 is 0 Å². The molecule has 1 N–H and O–H groups in total. The Morgan fingerprint density at radius 1 is 1.33 bits per heavy atom. The molecule has 18 heavy (non-hydrogen) atoms. The van der Waals surface area contributed by atoms with Crippen molar-refractivity contribution < 1.29 is 0 Å². The Balaban J connectivity index is 2.04. The Labute approximate surface area is 111 Å². The fourth-order valence-corrected chi connectivity index (χ4v) is 2.57. The van der Waals surface area contributed by atoms with Crippen LogP contribution in [0.25, 0.3) is 0 Å². The lowest BCUT2D eigenvalue weighted by atomic mass is 9.98. The number of imidazole rings is 1. The number of hydrogen-bond acceptors (Lipinski definition) is 2. The van der Waals surface area contributed by atoms with E-state index in [9.17, 15) is 0 Å². The molecule has 0 saturated heterocycles. The van der Waals surface area contributed by atoms with E-state index < -0.39 is 0 Å². The SMILES string of the molecule is Cc1cn(CC(C)C(C)C)c(NC2CCCC2)n1. The van der Waals surface area contributed by atoms with Gasteiger partial charge in [-0.25, -0.2) is 4.98 Å². The molecule has 1 aromatic heterocycles. The van der Waals surface area contributed by atoms with E-state index >= 15 is 0 Å². The highest BCUT2D eigenvalue weighted by molar-refractivity contribution is 5.30. The topological polar surface area (TPSA) is 29.9 Å². The highest BCUT2D eigenvalue weighted by Gasteiger charge is 2.18. The van der Waals surface area contributed by atoms with Crippen LogP contribution in [0.4, 0.5) is 5.95 Å². The van der Waals surface area contributed by atoms with Crippen LogP contribution in [0.1, 0.15) is 52.1 Å². The second-order valence-corrected chi connectivity index (χ2v) is 6.21. The van der Waals surface area contributed by atoms with Crippen molar-refractivity contribution in [1.29, 1.82) is 0 Å². The second-order valence-electron chi connectivity index (χ2n) is 6.21. The predicted molar refractivity (Wildman–Crippen MR) is 76.8 cm³/mol. The molecule has 0 aromatic carbocycles. The zero-order valence-corrected chi connectivity index (χ0v) is 12.2. The molecule has 0 bridgehead atoms. The summed E-state index contributed by atoms with van der Waals surface area (Å²) in [5.74, 6) is 2.47. The van der Waals surface area contributed by atoms with E-state index in [-0.39, 0.29) is 0 Å². The summed E-state index contributed by atoms with van der Waals surface area (Å²) < 4.78 is 2.30. The van der Waals surface area contributed by atoms with Crippen molar-refractivity contribution in [3.05, 3.63) is 11.9 Å². The molecule has 0 spiro atoms. The van der Waals surface area contributed by atoms with Gasteiger partial charge in [-0.3, -0.25) is 0 Å². The van der Waals surface area contributed by atoms with Crippen LogP contribution in [-0.4, -0.2) is 15.6 Å². The fraction of sp³-hybridized carbons (Fsp3) is 0.800. The zero-order valence-electron chi connectivity index (χ0n) is 12.2. The largest absolute Gasteiger partial charge is 0.353 e. The highest BCUT2D eigenvalue weighted by Crippen LogP contribution is 2.23. The molecule has 1 aliphatic carbocycles. The summed E-state index contributed by atoms with van der Waals surface area (Å²) in [5, 5.41) is 3.63. The Bertz CT molecular complexity index is 354. The maximum Gasteiger partial charge on any atom is 0.203 e. The minimum Gasteiger partial charge on any atom is -0.353 e. The molecule has 3 nitrogen and oxygen atoms in total. The van der Waals surface area contributed by atoms with Crippen LogP contribution in [-0.2, 0) is 6.54 Å². The Morgan fingerprint density at radius 2 is 2.00 bits per heavy atom. The smallest absolute Gasteiger partial charge is 0.203 e. The summed E-state index contributed by atoms with van der Waals surface area (Å²) in [6.45, 7) is 10.0. The molecular weight excluding hydrogens is 222 g/mol. The number of nitrogens with one attached hydrogen (secondary N) is 1. The molecule has 3 heteroatoms. The summed E-state index contributed by atoms with van der Waals surface area (Å²) >= 11 is 0. The van der Waals surface area contributed by atoms with Crippen LogP contribution < -0.4 is 5.32 Å². The monoisotopic (exact) mass is 249 g/mol. The summed E-state index contributed by atoms with van der Waals surface area (Å²) in [6.07, 6.45) is 7.49. The van der Waals surface area contributed by atoms with Gasteiger partial charge in [0.15, 0.2) is 0 Å². The van der Waals surface area contributed by atoms with Crippen molar-refractivity contribution in [1.82, 2.24) is 9.55 Å². The van der Waals surface area contributed by atoms with E-state index in [2.05, 4.69) is 48.8 Å². The van der Waals surface area contributed by atoms with Crippen molar-refractivity contribution >= 4 is 5.95 Å². The standard InChI is InChI=1S/C15H27N3/c1-11(2)12(3)9-18-10-13(4)16-15(18)17-14-7-5-6-8-14/h10-12,14H,5-9H2,1-4H3,(H,16,17). The van der Waals surface area contributed by atoms with Gasteiger partial charge in [-0.2, -0.15) is 0 Å². The number of aryl methyl sites for hydroxylation is 1. The van der Waals surface area contributed by atoms with Gasteiger partial charge in [-0.15, -0.1) is 0 Å². The van der Waals surface area contributed by atoms with E-state index in [4.69, 9.17) is 0 Å². The molecule has 102 valence electrons. The van der Waals surface area contributed by atoms with Crippen LogP contribution in [0.2, 0.25) is 0 Å². The maximum atomic E-state index is 4.64. The van der Waals surface area contributed by atoms with Gasteiger partial charge in [-0.1, -0.05) is 33.6 Å². The van der Waals surface area contributed by atoms with Gasteiger partial charge in [0, 0.05) is 18.8 Å². The first-order valence-corrected chi connectivity index (χ1v) is 7.36. The molecule has 1 aromatic rings. The Morgan fingerprint density at radius 3 is 2.61 bits per heavy atom. The van der Waals surface area contributed by atoms with Gasteiger partial charge in [0.25, 0.3) is 0 Å². The first-order chi connectivity index (χ1) is 8.56. The van der Waals surface area contributed by atoms with E-state index in [0.29, 0.717) is 17.9 Å². The second kappa shape index (κ2) is 5.77. The summed E-state index contributed by atoms with van der Waals surface area (Å²) in [7, 11) is 0. The molecule has 0 radical (unpaired) electrons. The summed E-state index contributed by atoms with van der Waals surface area (Å²) in [6, 6.07) is 0.639. The first kappa shape index (κ1) is 13.4. The van der Waals surface area contributed by atoms with Crippen LogP contribution in [0.3, 0.4) is 0 Å². The maximum absolute atomic E-state index is 4.64. The molecule has 1 unspecified atom stereocenters. The third-order valence-electron chi connectivity index (χ3n) is 4.21. The van der Waals surface area contributed by atoms with Gasteiger partial charge in [-0.05, 0) is 31.6 Å². The molecule has 0 amide bonds. The van der Waals surface area contributed by atoms with Gasteiger partial charge in [0.2, 0.25) is 5.95 Å². The lowest BCUT2D eigenvalue weighted by molar-refractivity contribution is 0.366. The van der Waals surface area contributed by atoms with Gasteiger partial charge >= 0.3 is 0 Å². The van der Waals surface area contributed by atoms with Crippen LogP contribution in [0, 0.1) is 18.8 Å². The average Bonchev–Trinajstić information content (AvgIpc) is 2.90. The third-order valence-corrected chi connectivity index (χ3v) is 4.21. The number of nitrogens with zero attached hydrogens (tertiary/aromatic N) is 2. The van der Waals surface area contributed by atoms with E-state index in [1.807, 2.05) is 0 Å². The lowest BCUT2D eigenvalue weighted by Crippen LogP contribution is -2.20.